The number of fused-ring (bicyclic) bond motifs is 3. The van der Waals surface area contributed by atoms with Crippen LogP contribution >= 0.6 is 0 Å². The van der Waals surface area contributed by atoms with Crippen molar-refractivity contribution in [2.75, 3.05) is 10.0 Å². The van der Waals surface area contributed by atoms with E-state index in [0.717, 1.165) is 66.4 Å². The predicted molar refractivity (Wildman–Crippen MR) is 114 cm³/mol. The molecule has 0 radical (unpaired) electrons. The lowest BCUT2D eigenvalue weighted by molar-refractivity contribution is 0.256. The van der Waals surface area contributed by atoms with E-state index in [-0.39, 0.29) is 5.69 Å². The van der Waals surface area contributed by atoms with Crippen molar-refractivity contribution in [3.8, 4) is 0 Å². The number of carbonyl (C=O) groups excluding carboxylic acids is 1. The number of rotatable bonds is 4. The highest BCUT2D eigenvalue weighted by atomic mass is 32.2. The van der Waals surface area contributed by atoms with Crippen LogP contribution in [-0.4, -0.2) is 19.6 Å². The fourth-order valence-corrected chi connectivity index (χ4v) is 5.32. The minimum atomic E-state index is -4.12. The molecule has 9 heteroatoms. The summed E-state index contributed by atoms with van der Waals surface area (Å²) < 4.78 is 34.5. The molecule has 0 spiro atoms. The molecule has 5 rings (SSSR count). The lowest BCUT2D eigenvalue weighted by atomic mass is 9.99. The first-order chi connectivity index (χ1) is 14.4. The van der Waals surface area contributed by atoms with E-state index in [0.29, 0.717) is 5.58 Å². The average Bonchev–Trinajstić information content (AvgIpc) is 3.40. The SMILES string of the molecule is Cc1noc2cc(NS(=O)(=O)NC(=O)Nc3c4c(cc5c3CCC5)CCC4)ccc12. The Morgan fingerprint density at radius 2 is 1.73 bits per heavy atom. The predicted octanol–water partition coefficient (Wildman–Crippen LogP) is 3.59. The van der Waals surface area contributed by atoms with Crippen molar-refractivity contribution in [3.05, 3.63) is 52.2 Å². The van der Waals surface area contributed by atoms with Gasteiger partial charge in [0, 0.05) is 17.1 Å². The van der Waals surface area contributed by atoms with Gasteiger partial charge in [0.1, 0.15) is 0 Å². The molecule has 0 unspecified atom stereocenters. The second-order valence-electron chi connectivity index (χ2n) is 7.87. The first-order valence-corrected chi connectivity index (χ1v) is 11.5. The van der Waals surface area contributed by atoms with Crippen LogP contribution in [0.5, 0.6) is 0 Å². The maximum atomic E-state index is 12.6. The molecule has 2 aromatic carbocycles. The standard InChI is InChI=1S/C21H22N4O4S/c1-12-16-9-8-15(11-19(16)29-23-12)24-30(27,28)25-21(26)22-20-17-6-2-4-13(17)10-14-5-3-7-18(14)20/h8-11,24H,2-7H2,1H3,(H2,22,25,26). The number of benzene rings is 2. The highest BCUT2D eigenvalue weighted by Crippen LogP contribution is 2.38. The third kappa shape index (κ3) is 3.39. The zero-order valence-corrected chi connectivity index (χ0v) is 17.4. The van der Waals surface area contributed by atoms with Crippen molar-refractivity contribution >= 4 is 38.6 Å². The van der Waals surface area contributed by atoms with Gasteiger partial charge in [-0.15, -0.1) is 0 Å². The van der Waals surface area contributed by atoms with E-state index in [2.05, 4.69) is 26.0 Å². The number of amides is 2. The van der Waals surface area contributed by atoms with Gasteiger partial charge in [0.05, 0.1) is 11.4 Å². The van der Waals surface area contributed by atoms with E-state index >= 15 is 0 Å². The molecule has 2 aliphatic carbocycles. The zero-order valence-electron chi connectivity index (χ0n) is 16.5. The van der Waals surface area contributed by atoms with Gasteiger partial charge in [0.2, 0.25) is 0 Å². The Balaban J connectivity index is 1.34. The number of aromatic nitrogens is 1. The van der Waals surface area contributed by atoms with Gasteiger partial charge in [-0.05, 0) is 79.8 Å². The van der Waals surface area contributed by atoms with Gasteiger partial charge >= 0.3 is 16.2 Å². The van der Waals surface area contributed by atoms with Gasteiger partial charge in [0.25, 0.3) is 0 Å². The number of hydrogen-bond acceptors (Lipinski definition) is 5. The van der Waals surface area contributed by atoms with Gasteiger partial charge in [0.15, 0.2) is 5.58 Å². The monoisotopic (exact) mass is 426 g/mol. The highest BCUT2D eigenvalue weighted by Gasteiger charge is 2.26. The van der Waals surface area contributed by atoms with Gasteiger partial charge in [-0.3, -0.25) is 4.72 Å². The summed E-state index contributed by atoms with van der Waals surface area (Å²) in [7, 11) is -4.12. The highest BCUT2D eigenvalue weighted by molar-refractivity contribution is 7.91. The summed E-state index contributed by atoms with van der Waals surface area (Å²) in [6, 6.07) is 6.33. The molecule has 8 nitrogen and oxygen atoms in total. The van der Waals surface area contributed by atoms with Gasteiger partial charge < -0.3 is 9.84 Å². The van der Waals surface area contributed by atoms with Crippen LogP contribution in [0.2, 0.25) is 0 Å². The van der Waals surface area contributed by atoms with Crippen molar-refractivity contribution in [2.45, 2.75) is 45.4 Å². The number of anilines is 2. The van der Waals surface area contributed by atoms with E-state index < -0.39 is 16.2 Å². The first kappa shape index (κ1) is 18.9. The summed E-state index contributed by atoms with van der Waals surface area (Å²) in [5, 5.41) is 7.47. The molecule has 156 valence electrons. The summed E-state index contributed by atoms with van der Waals surface area (Å²) in [6.07, 6.45) is 5.92. The molecule has 0 saturated carbocycles. The molecular formula is C21H22N4O4S. The van der Waals surface area contributed by atoms with E-state index in [4.69, 9.17) is 4.52 Å². The Morgan fingerprint density at radius 3 is 2.43 bits per heavy atom. The Labute approximate surface area is 174 Å². The van der Waals surface area contributed by atoms with Crippen molar-refractivity contribution in [1.29, 1.82) is 0 Å². The molecule has 30 heavy (non-hydrogen) atoms. The lowest BCUT2D eigenvalue weighted by Gasteiger charge is -2.17. The fourth-order valence-electron chi connectivity index (χ4n) is 4.54. The van der Waals surface area contributed by atoms with E-state index in [1.165, 1.54) is 17.2 Å². The van der Waals surface area contributed by atoms with Crippen molar-refractivity contribution < 1.29 is 17.7 Å². The zero-order chi connectivity index (χ0) is 20.9. The fraction of sp³-hybridized carbons (Fsp3) is 0.333. The molecule has 3 aromatic rings. The van der Waals surface area contributed by atoms with Crippen molar-refractivity contribution in [2.24, 2.45) is 0 Å². The molecule has 0 aliphatic heterocycles. The molecule has 2 amide bonds. The molecule has 0 saturated heterocycles. The number of nitrogens with zero attached hydrogens (tertiary/aromatic N) is 1. The smallest absolute Gasteiger partial charge is 0.334 e. The molecule has 0 atom stereocenters. The third-order valence-electron chi connectivity index (χ3n) is 5.84. The van der Waals surface area contributed by atoms with Crippen molar-refractivity contribution in [3.63, 3.8) is 0 Å². The van der Waals surface area contributed by atoms with E-state index in [1.54, 1.807) is 19.1 Å². The van der Waals surface area contributed by atoms with Crippen LogP contribution in [0.4, 0.5) is 16.2 Å². The first-order valence-electron chi connectivity index (χ1n) is 10.0. The van der Waals surface area contributed by atoms with Crippen molar-refractivity contribution in [1.82, 2.24) is 9.88 Å². The van der Waals surface area contributed by atoms with Crippen LogP contribution in [0, 0.1) is 6.92 Å². The number of carbonyl (C=O) groups is 1. The molecule has 1 heterocycles. The number of aryl methyl sites for hydroxylation is 3. The second kappa shape index (κ2) is 7.02. The lowest BCUT2D eigenvalue weighted by Crippen LogP contribution is -2.38. The molecule has 1 aromatic heterocycles. The Morgan fingerprint density at radius 1 is 1.03 bits per heavy atom. The largest absolute Gasteiger partial charge is 0.356 e. The second-order valence-corrected chi connectivity index (χ2v) is 9.29. The third-order valence-corrected chi connectivity index (χ3v) is 6.80. The summed E-state index contributed by atoms with van der Waals surface area (Å²) in [5.41, 5.74) is 7.08. The van der Waals surface area contributed by atoms with Crippen LogP contribution < -0.4 is 14.8 Å². The van der Waals surface area contributed by atoms with Crippen LogP contribution in [0.1, 0.15) is 40.8 Å². The maximum Gasteiger partial charge on any atom is 0.334 e. The molecule has 3 N–H and O–H groups in total. The normalized spacial score (nSPS) is 15.1. The van der Waals surface area contributed by atoms with Gasteiger partial charge in [-0.25, -0.2) is 9.52 Å². The molecular weight excluding hydrogens is 404 g/mol. The number of hydrogen-bond donors (Lipinski definition) is 3. The summed E-state index contributed by atoms with van der Waals surface area (Å²) in [5.74, 6) is 0. The van der Waals surface area contributed by atoms with E-state index in [9.17, 15) is 13.2 Å². The van der Waals surface area contributed by atoms with Crippen LogP contribution in [0.15, 0.2) is 28.8 Å². The number of urea groups is 1. The summed E-state index contributed by atoms with van der Waals surface area (Å²) in [4.78, 5) is 12.6. The Kier molecular flexibility index (Phi) is 4.43. The summed E-state index contributed by atoms with van der Waals surface area (Å²) in [6.45, 7) is 1.80. The molecule has 0 bridgehead atoms. The summed E-state index contributed by atoms with van der Waals surface area (Å²) >= 11 is 0. The number of nitrogens with one attached hydrogen (secondary N) is 3. The van der Waals surface area contributed by atoms with Crippen LogP contribution in [0.25, 0.3) is 11.0 Å². The minimum Gasteiger partial charge on any atom is -0.356 e. The topological polar surface area (TPSA) is 113 Å². The molecule has 2 aliphatic rings. The quantitative estimate of drug-likeness (QED) is 0.590. The maximum absolute atomic E-state index is 12.6. The van der Waals surface area contributed by atoms with E-state index in [1.807, 2.05) is 0 Å². The Bertz CT molecular complexity index is 1250. The van der Waals surface area contributed by atoms with Crippen LogP contribution in [0.3, 0.4) is 0 Å². The molecule has 0 fully saturated rings. The average molecular weight is 426 g/mol. The Hall–Kier alpha value is -3.07. The van der Waals surface area contributed by atoms with Crippen LogP contribution in [-0.2, 0) is 35.9 Å². The van der Waals surface area contributed by atoms with Gasteiger partial charge in [-0.2, -0.15) is 8.42 Å². The minimum absolute atomic E-state index is 0.278. The van der Waals surface area contributed by atoms with Gasteiger partial charge in [-0.1, -0.05) is 11.2 Å².